The van der Waals surface area contributed by atoms with Crippen molar-refractivity contribution in [3.8, 4) is 0 Å². The van der Waals surface area contributed by atoms with Crippen LogP contribution in [0.1, 0.15) is 47.0 Å². The number of nitrogens with one attached hydrogen (secondary N) is 1. The molecule has 0 aromatic rings. The first-order chi connectivity index (χ1) is 11.0. The largest absolute Gasteiger partial charge is 0.340 e. The summed E-state index contributed by atoms with van der Waals surface area (Å²) in [6, 6.07) is -0.604. The van der Waals surface area contributed by atoms with Crippen LogP contribution in [-0.2, 0) is 9.59 Å². The Balaban J connectivity index is 2.16. The molecule has 1 aliphatic heterocycles. The first-order valence-electron chi connectivity index (χ1n) is 8.61. The average Bonchev–Trinajstić information content (AvgIpc) is 2.67. The van der Waals surface area contributed by atoms with Crippen molar-refractivity contribution in [2.24, 2.45) is 17.1 Å². The fourth-order valence-corrected chi connectivity index (χ4v) is 4.30. The molecule has 7 nitrogen and oxygen atoms in total. The lowest BCUT2D eigenvalue weighted by molar-refractivity contribution is -0.141. The highest BCUT2D eigenvalue weighted by molar-refractivity contribution is 6.09. The Morgan fingerprint density at radius 3 is 2.58 bits per heavy atom. The highest BCUT2D eigenvalue weighted by Crippen LogP contribution is 2.46. The molecule has 2 rings (SSSR count). The van der Waals surface area contributed by atoms with Crippen LogP contribution in [0, 0.1) is 11.3 Å². The zero-order chi connectivity index (χ0) is 18.3. The van der Waals surface area contributed by atoms with E-state index in [0.717, 1.165) is 11.3 Å². The predicted octanol–water partition coefficient (Wildman–Crippen LogP) is 0.929. The van der Waals surface area contributed by atoms with Gasteiger partial charge in [-0.05, 0) is 37.5 Å². The third-order valence-electron chi connectivity index (χ3n) is 5.31. The van der Waals surface area contributed by atoms with Gasteiger partial charge in [-0.25, -0.2) is 4.79 Å². The monoisotopic (exact) mass is 338 g/mol. The number of imide groups is 1. The molecule has 4 amide bonds. The average molecular weight is 338 g/mol. The van der Waals surface area contributed by atoms with Crippen LogP contribution in [0.25, 0.3) is 0 Å². The molecule has 3 N–H and O–H groups in total. The van der Waals surface area contributed by atoms with E-state index >= 15 is 0 Å². The molecule has 0 aromatic carbocycles. The first kappa shape index (κ1) is 18.7. The standard InChI is InChI=1S/C17H30N4O3/c1-11-6-16(3,4)10-17(7-11)14(23)21(15(24)19-17)9-13(22)20(5)12(2)8-18/h11-12H,6-10,18H2,1-5H3,(H,19,24). The van der Waals surface area contributed by atoms with E-state index in [1.165, 1.54) is 4.90 Å². The van der Waals surface area contributed by atoms with Crippen molar-refractivity contribution in [3.05, 3.63) is 0 Å². The molecule has 2 fully saturated rings. The summed E-state index contributed by atoms with van der Waals surface area (Å²) in [5.74, 6) is -0.209. The van der Waals surface area contributed by atoms with E-state index in [9.17, 15) is 14.4 Å². The Bertz CT molecular complexity index is 548. The van der Waals surface area contributed by atoms with Crippen molar-refractivity contribution in [1.29, 1.82) is 0 Å². The van der Waals surface area contributed by atoms with Gasteiger partial charge in [0.1, 0.15) is 12.1 Å². The minimum absolute atomic E-state index is 0.0223. The molecule has 2 aliphatic rings. The number of rotatable bonds is 4. The molecule has 3 unspecified atom stereocenters. The second-order valence-corrected chi connectivity index (χ2v) is 8.35. The Morgan fingerprint density at radius 2 is 2.04 bits per heavy atom. The van der Waals surface area contributed by atoms with E-state index in [4.69, 9.17) is 5.73 Å². The molecular formula is C17H30N4O3. The number of hydrogen-bond acceptors (Lipinski definition) is 4. The summed E-state index contributed by atoms with van der Waals surface area (Å²) in [7, 11) is 1.64. The number of carbonyl (C=O) groups excluding carboxylic acids is 3. The van der Waals surface area contributed by atoms with E-state index in [0.29, 0.717) is 25.3 Å². The Hall–Kier alpha value is -1.63. The van der Waals surface area contributed by atoms with Gasteiger partial charge in [-0.2, -0.15) is 0 Å². The lowest BCUT2D eigenvalue weighted by Gasteiger charge is -2.43. The highest BCUT2D eigenvalue weighted by atomic mass is 16.2. The van der Waals surface area contributed by atoms with Gasteiger partial charge in [0.25, 0.3) is 5.91 Å². The minimum Gasteiger partial charge on any atom is -0.340 e. The molecule has 1 aliphatic carbocycles. The number of nitrogens with two attached hydrogens (primary N) is 1. The second kappa shape index (κ2) is 6.35. The van der Waals surface area contributed by atoms with Crippen LogP contribution >= 0.6 is 0 Å². The third-order valence-corrected chi connectivity index (χ3v) is 5.31. The van der Waals surface area contributed by atoms with Gasteiger partial charge in [0.15, 0.2) is 0 Å². The topological polar surface area (TPSA) is 95.7 Å². The molecule has 1 heterocycles. The van der Waals surface area contributed by atoms with Gasteiger partial charge in [-0.15, -0.1) is 0 Å². The number of urea groups is 1. The van der Waals surface area contributed by atoms with Gasteiger partial charge >= 0.3 is 6.03 Å². The van der Waals surface area contributed by atoms with Crippen molar-refractivity contribution in [1.82, 2.24) is 15.1 Å². The lowest BCUT2D eigenvalue weighted by atomic mass is 9.64. The molecule has 3 atom stereocenters. The zero-order valence-electron chi connectivity index (χ0n) is 15.4. The van der Waals surface area contributed by atoms with Gasteiger partial charge in [0, 0.05) is 19.6 Å². The summed E-state index contributed by atoms with van der Waals surface area (Å²) in [6.45, 7) is 8.27. The van der Waals surface area contributed by atoms with Gasteiger partial charge in [0.05, 0.1) is 0 Å². The summed E-state index contributed by atoms with van der Waals surface area (Å²) >= 11 is 0. The smallest absolute Gasteiger partial charge is 0.325 e. The van der Waals surface area contributed by atoms with Crippen LogP contribution in [0.2, 0.25) is 0 Å². The van der Waals surface area contributed by atoms with Crippen LogP contribution in [0.4, 0.5) is 4.79 Å². The number of likely N-dealkylation sites (N-methyl/N-ethyl adjacent to an activating group) is 1. The first-order valence-corrected chi connectivity index (χ1v) is 8.61. The van der Waals surface area contributed by atoms with E-state index in [-0.39, 0.29) is 29.8 Å². The number of amides is 4. The van der Waals surface area contributed by atoms with Crippen LogP contribution in [-0.4, -0.2) is 59.4 Å². The summed E-state index contributed by atoms with van der Waals surface area (Å²) < 4.78 is 0. The summed E-state index contributed by atoms with van der Waals surface area (Å²) in [5.41, 5.74) is 4.69. The van der Waals surface area contributed by atoms with Gasteiger partial charge < -0.3 is 16.0 Å². The van der Waals surface area contributed by atoms with Crippen molar-refractivity contribution < 1.29 is 14.4 Å². The summed E-state index contributed by atoms with van der Waals surface area (Å²) in [5, 5.41) is 2.88. The van der Waals surface area contributed by atoms with Crippen LogP contribution < -0.4 is 11.1 Å². The summed E-state index contributed by atoms with van der Waals surface area (Å²) in [4.78, 5) is 40.2. The lowest BCUT2D eigenvalue weighted by Crippen LogP contribution is -2.54. The van der Waals surface area contributed by atoms with E-state index in [1.54, 1.807) is 7.05 Å². The van der Waals surface area contributed by atoms with Gasteiger partial charge in [-0.1, -0.05) is 20.8 Å². The molecule has 0 aromatic heterocycles. The Kier molecular flexibility index (Phi) is 4.95. The molecule has 0 bridgehead atoms. The SMILES string of the molecule is CC1CC(C)(C)CC2(C1)NC(=O)N(CC(=O)N(C)C(C)CN)C2=O. The number of carbonyl (C=O) groups is 3. The minimum atomic E-state index is -0.864. The Labute approximate surface area is 143 Å². The zero-order valence-corrected chi connectivity index (χ0v) is 15.4. The fraction of sp³-hybridized carbons (Fsp3) is 0.824. The maximum Gasteiger partial charge on any atom is 0.325 e. The maximum absolute atomic E-state index is 13.0. The van der Waals surface area contributed by atoms with Crippen molar-refractivity contribution in [2.75, 3.05) is 20.1 Å². The molecule has 1 saturated heterocycles. The normalized spacial score (nSPS) is 30.4. The fourth-order valence-electron chi connectivity index (χ4n) is 4.30. The van der Waals surface area contributed by atoms with Crippen molar-refractivity contribution >= 4 is 17.8 Å². The van der Waals surface area contributed by atoms with E-state index < -0.39 is 11.6 Å². The number of nitrogens with zero attached hydrogens (tertiary/aromatic N) is 2. The maximum atomic E-state index is 13.0. The van der Waals surface area contributed by atoms with Gasteiger partial charge in [-0.3, -0.25) is 14.5 Å². The molecule has 136 valence electrons. The van der Waals surface area contributed by atoms with Crippen LogP contribution in [0.15, 0.2) is 0 Å². The van der Waals surface area contributed by atoms with E-state index in [1.807, 2.05) is 6.92 Å². The molecule has 1 saturated carbocycles. The molecule has 1 spiro atoms. The van der Waals surface area contributed by atoms with Crippen molar-refractivity contribution in [2.45, 2.75) is 58.5 Å². The predicted molar refractivity (Wildman–Crippen MR) is 91.1 cm³/mol. The quantitative estimate of drug-likeness (QED) is 0.745. The molecule has 24 heavy (non-hydrogen) atoms. The van der Waals surface area contributed by atoms with Crippen LogP contribution in [0.3, 0.4) is 0 Å². The Morgan fingerprint density at radius 1 is 1.42 bits per heavy atom. The molecular weight excluding hydrogens is 308 g/mol. The van der Waals surface area contributed by atoms with Gasteiger partial charge in [0.2, 0.25) is 5.91 Å². The van der Waals surface area contributed by atoms with Crippen molar-refractivity contribution in [3.63, 3.8) is 0 Å². The molecule has 7 heteroatoms. The number of hydrogen-bond donors (Lipinski definition) is 2. The molecule has 0 radical (unpaired) electrons. The second-order valence-electron chi connectivity index (χ2n) is 8.35. The highest BCUT2D eigenvalue weighted by Gasteiger charge is 2.56. The summed E-state index contributed by atoms with van der Waals surface area (Å²) in [6.07, 6.45) is 2.25. The van der Waals surface area contributed by atoms with E-state index in [2.05, 4.69) is 26.1 Å². The van der Waals surface area contributed by atoms with Crippen LogP contribution in [0.5, 0.6) is 0 Å². The third kappa shape index (κ3) is 3.41.